The van der Waals surface area contributed by atoms with Crippen LogP contribution in [0.3, 0.4) is 0 Å². The van der Waals surface area contributed by atoms with Gasteiger partial charge < -0.3 is 15.2 Å². The van der Waals surface area contributed by atoms with Crippen LogP contribution in [-0.2, 0) is 24.3 Å². The number of carbonyl (C=O) groups excluding carboxylic acids is 1. The standard InChI is InChI=1S/C20H23N3O/c1-23(2)14-16-8-4-3-7-15(16)12-22-20(24)11-17-13-21-19-10-6-5-9-18(17)19/h3-10,13,21H,11-12,14H2,1-2H3,(H,22,24)/p+1. The first-order valence-corrected chi connectivity index (χ1v) is 8.31. The zero-order chi connectivity index (χ0) is 16.9. The van der Waals surface area contributed by atoms with Gasteiger partial charge in [-0.05, 0) is 17.2 Å². The van der Waals surface area contributed by atoms with Crippen LogP contribution < -0.4 is 10.2 Å². The SMILES string of the molecule is C[NH+](C)Cc1ccccc1CNC(=O)Cc1c[nH]c2ccccc12. The van der Waals surface area contributed by atoms with E-state index in [0.29, 0.717) is 13.0 Å². The molecular weight excluding hydrogens is 298 g/mol. The number of hydrogen-bond acceptors (Lipinski definition) is 1. The lowest BCUT2D eigenvalue weighted by molar-refractivity contribution is -0.872. The van der Waals surface area contributed by atoms with E-state index in [1.54, 1.807) is 0 Å². The Morgan fingerprint density at radius 1 is 1.00 bits per heavy atom. The highest BCUT2D eigenvalue weighted by atomic mass is 16.1. The summed E-state index contributed by atoms with van der Waals surface area (Å²) in [6, 6.07) is 16.4. The van der Waals surface area contributed by atoms with E-state index in [2.05, 4.69) is 42.6 Å². The number of H-pyrrole nitrogens is 1. The molecule has 24 heavy (non-hydrogen) atoms. The molecule has 1 amide bonds. The molecular formula is C20H24N3O+. The minimum absolute atomic E-state index is 0.0479. The molecule has 3 rings (SSSR count). The highest BCUT2D eigenvalue weighted by molar-refractivity contribution is 5.88. The van der Waals surface area contributed by atoms with Crippen molar-refractivity contribution in [3.63, 3.8) is 0 Å². The highest BCUT2D eigenvalue weighted by Gasteiger charge is 2.10. The van der Waals surface area contributed by atoms with E-state index in [4.69, 9.17) is 0 Å². The number of quaternary nitrogens is 1. The number of rotatable bonds is 6. The number of aromatic amines is 1. The van der Waals surface area contributed by atoms with Crippen LogP contribution in [0.4, 0.5) is 0 Å². The Bertz CT molecular complexity index is 836. The molecule has 1 heterocycles. The van der Waals surface area contributed by atoms with Gasteiger partial charge in [-0.1, -0.05) is 42.5 Å². The number of benzene rings is 2. The minimum Gasteiger partial charge on any atom is -0.361 e. The summed E-state index contributed by atoms with van der Waals surface area (Å²) in [6.07, 6.45) is 2.32. The quantitative estimate of drug-likeness (QED) is 0.635. The Kier molecular flexibility index (Phi) is 4.96. The maximum Gasteiger partial charge on any atom is 0.224 e. The number of nitrogens with one attached hydrogen (secondary N) is 3. The lowest BCUT2D eigenvalue weighted by atomic mass is 10.1. The third kappa shape index (κ3) is 3.84. The van der Waals surface area contributed by atoms with Crippen LogP contribution in [0.5, 0.6) is 0 Å². The Hall–Kier alpha value is -2.59. The van der Waals surface area contributed by atoms with Gasteiger partial charge in [-0.3, -0.25) is 4.79 Å². The molecule has 3 aromatic rings. The molecule has 0 saturated heterocycles. The molecule has 3 N–H and O–H groups in total. The van der Waals surface area contributed by atoms with Crippen molar-refractivity contribution in [1.82, 2.24) is 10.3 Å². The van der Waals surface area contributed by atoms with Crippen LogP contribution in [0.2, 0.25) is 0 Å². The molecule has 1 aromatic heterocycles. The molecule has 0 unspecified atom stereocenters. The summed E-state index contributed by atoms with van der Waals surface area (Å²) in [6.45, 7) is 1.53. The van der Waals surface area contributed by atoms with Crippen molar-refractivity contribution in [2.24, 2.45) is 0 Å². The molecule has 0 aliphatic carbocycles. The van der Waals surface area contributed by atoms with Crippen LogP contribution in [-0.4, -0.2) is 25.0 Å². The number of carbonyl (C=O) groups is 1. The van der Waals surface area contributed by atoms with Gasteiger partial charge in [0.25, 0.3) is 0 Å². The Labute approximate surface area is 142 Å². The first-order chi connectivity index (χ1) is 11.6. The molecule has 0 atom stereocenters. The third-order valence-electron chi connectivity index (χ3n) is 4.16. The van der Waals surface area contributed by atoms with Gasteiger partial charge >= 0.3 is 0 Å². The Morgan fingerprint density at radius 3 is 2.50 bits per heavy atom. The Morgan fingerprint density at radius 2 is 1.71 bits per heavy atom. The van der Waals surface area contributed by atoms with Crippen molar-refractivity contribution in [2.75, 3.05) is 14.1 Å². The zero-order valence-corrected chi connectivity index (χ0v) is 14.2. The van der Waals surface area contributed by atoms with Gasteiger partial charge in [0.15, 0.2) is 0 Å². The second-order valence-corrected chi connectivity index (χ2v) is 6.47. The summed E-state index contributed by atoms with van der Waals surface area (Å²) < 4.78 is 0. The summed E-state index contributed by atoms with van der Waals surface area (Å²) in [7, 11) is 4.26. The third-order valence-corrected chi connectivity index (χ3v) is 4.16. The molecule has 0 aliphatic heterocycles. The van der Waals surface area contributed by atoms with E-state index in [1.807, 2.05) is 36.5 Å². The number of hydrogen-bond donors (Lipinski definition) is 3. The predicted octanol–water partition coefficient (Wildman–Crippen LogP) is 1.67. The van der Waals surface area contributed by atoms with Crippen molar-refractivity contribution in [1.29, 1.82) is 0 Å². The molecule has 124 valence electrons. The average Bonchev–Trinajstić information content (AvgIpc) is 2.97. The van der Waals surface area contributed by atoms with Gasteiger partial charge in [0.05, 0.1) is 20.5 Å². The number of para-hydroxylation sites is 1. The second-order valence-electron chi connectivity index (χ2n) is 6.47. The summed E-state index contributed by atoms with van der Waals surface area (Å²) >= 11 is 0. The fourth-order valence-corrected chi connectivity index (χ4v) is 2.99. The van der Waals surface area contributed by atoms with Crippen LogP contribution in [0, 0.1) is 0 Å². The van der Waals surface area contributed by atoms with E-state index < -0.39 is 0 Å². The van der Waals surface area contributed by atoms with Gasteiger partial charge in [0, 0.05) is 29.2 Å². The summed E-state index contributed by atoms with van der Waals surface area (Å²) in [5.74, 6) is 0.0479. The highest BCUT2D eigenvalue weighted by Crippen LogP contribution is 2.18. The van der Waals surface area contributed by atoms with Gasteiger partial charge in [-0.25, -0.2) is 0 Å². The van der Waals surface area contributed by atoms with Crippen molar-refractivity contribution in [3.05, 3.63) is 71.4 Å². The average molecular weight is 322 g/mol. The zero-order valence-electron chi connectivity index (χ0n) is 14.2. The second kappa shape index (κ2) is 7.32. The largest absolute Gasteiger partial charge is 0.361 e. The molecule has 4 nitrogen and oxygen atoms in total. The number of aromatic nitrogens is 1. The van der Waals surface area contributed by atoms with Crippen LogP contribution in [0.1, 0.15) is 16.7 Å². The van der Waals surface area contributed by atoms with Crippen LogP contribution >= 0.6 is 0 Å². The first-order valence-electron chi connectivity index (χ1n) is 8.31. The molecule has 0 saturated carbocycles. The smallest absolute Gasteiger partial charge is 0.224 e. The summed E-state index contributed by atoms with van der Waals surface area (Å²) in [4.78, 5) is 16.9. The lowest BCUT2D eigenvalue weighted by Crippen LogP contribution is -3.04. The normalized spacial score (nSPS) is 11.1. The van der Waals surface area contributed by atoms with Gasteiger partial charge in [-0.15, -0.1) is 0 Å². The minimum atomic E-state index is 0.0479. The van der Waals surface area contributed by atoms with E-state index in [-0.39, 0.29) is 5.91 Å². The van der Waals surface area contributed by atoms with Gasteiger partial charge in [0.1, 0.15) is 6.54 Å². The molecule has 2 aromatic carbocycles. The molecule has 0 aliphatic rings. The fraction of sp³-hybridized carbons (Fsp3) is 0.250. The maximum atomic E-state index is 12.3. The van der Waals surface area contributed by atoms with Crippen molar-refractivity contribution in [2.45, 2.75) is 19.5 Å². The molecule has 0 bridgehead atoms. The van der Waals surface area contributed by atoms with E-state index in [0.717, 1.165) is 23.0 Å². The number of amides is 1. The fourth-order valence-electron chi connectivity index (χ4n) is 2.99. The molecule has 0 fully saturated rings. The van der Waals surface area contributed by atoms with Crippen molar-refractivity contribution >= 4 is 16.8 Å². The Balaban J connectivity index is 1.64. The first kappa shape index (κ1) is 16.3. The van der Waals surface area contributed by atoms with Crippen LogP contribution in [0.25, 0.3) is 10.9 Å². The van der Waals surface area contributed by atoms with Crippen molar-refractivity contribution in [3.8, 4) is 0 Å². The molecule has 0 radical (unpaired) electrons. The summed E-state index contributed by atoms with van der Waals surface area (Å²) in [5, 5.41) is 4.17. The van der Waals surface area contributed by atoms with E-state index >= 15 is 0 Å². The van der Waals surface area contributed by atoms with Gasteiger partial charge in [-0.2, -0.15) is 0 Å². The van der Waals surface area contributed by atoms with Crippen molar-refractivity contribution < 1.29 is 9.69 Å². The van der Waals surface area contributed by atoms with Gasteiger partial charge in [0.2, 0.25) is 5.91 Å². The maximum absolute atomic E-state index is 12.3. The van der Waals surface area contributed by atoms with E-state index in [1.165, 1.54) is 16.0 Å². The van der Waals surface area contributed by atoms with E-state index in [9.17, 15) is 4.79 Å². The predicted molar refractivity (Wildman–Crippen MR) is 96.8 cm³/mol. The number of fused-ring (bicyclic) bond motifs is 1. The molecule has 0 spiro atoms. The molecule has 4 heteroatoms. The van der Waals surface area contributed by atoms with Crippen LogP contribution in [0.15, 0.2) is 54.7 Å². The topological polar surface area (TPSA) is 49.3 Å². The lowest BCUT2D eigenvalue weighted by Gasteiger charge is -2.13. The monoisotopic (exact) mass is 322 g/mol. The summed E-state index contributed by atoms with van der Waals surface area (Å²) in [5.41, 5.74) is 4.57.